The third-order valence-corrected chi connectivity index (χ3v) is 9.11. The maximum absolute atomic E-state index is 14.3. The van der Waals surface area contributed by atoms with E-state index in [1.54, 1.807) is 49.4 Å². The van der Waals surface area contributed by atoms with E-state index in [0.717, 1.165) is 15.4 Å². The minimum Gasteiger partial charge on any atom is -0.350 e. The van der Waals surface area contributed by atoms with Crippen molar-refractivity contribution in [2.45, 2.75) is 77.9 Å². The Morgan fingerprint density at radius 1 is 0.905 bits per heavy atom. The zero-order valence-electron chi connectivity index (χ0n) is 25.2. The molecule has 0 fully saturated rings. The lowest BCUT2D eigenvalue weighted by molar-refractivity contribution is -0.141. The first-order valence-corrected chi connectivity index (χ1v) is 15.9. The Bertz CT molecular complexity index is 1550. The van der Waals surface area contributed by atoms with E-state index in [1.807, 2.05) is 47.6 Å². The molecule has 0 spiro atoms. The van der Waals surface area contributed by atoms with Crippen LogP contribution in [0.1, 0.15) is 56.4 Å². The van der Waals surface area contributed by atoms with Gasteiger partial charge in [0.1, 0.15) is 12.6 Å². The Morgan fingerprint density at radius 3 is 2.07 bits per heavy atom. The molecule has 3 aromatic rings. The molecule has 3 rings (SSSR count). The van der Waals surface area contributed by atoms with Crippen LogP contribution in [0.2, 0.25) is 10.0 Å². The number of rotatable bonds is 10. The van der Waals surface area contributed by atoms with Crippen LogP contribution in [0.25, 0.3) is 0 Å². The fourth-order valence-corrected chi connectivity index (χ4v) is 6.59. The summed E-state index contributed by atoms with van der Waals surface area (Å²) in [5, 5.41) is 3.73. The summed E-state index contributed by atoms with van der Waals surface area (Å²) >= 11 is 12.6. The van der Waals surface area contributed by atoms with E-state index in [-0.39, 0.29) is 17.3 Å². The number of hydrogen-bond donors (Lipinski definition) is 1. The molecular weight excluding hydrogens is 593 g/mol. The third kappa shape index (κ3) is 8.27. The number of sulfonamides is 1. The lowest BCUT2D eigenvalue weighted by atomic mass is 10.1. The van der Waals surface area contributed by atoms with Crippen molar-refractivity contribution in [2.24, 2.45) is 0 Å². The minimum atomic E-state index is -4.16. The average Bonchev–Trinajstić information content (AvgIpc) is 2.88. The number of anilines is 1. The smallest absolute Gasteiger partial charge is 0.264 e. The van der Waals surface area contributed by atoms with E-state index in [9.17, 15) is 18.0 Å². The van der Waals surface area contributed by atoms with Gasteiger partial charge in [-0.15, -0.1) is 0 Å². The maximum Gasteiger partial charge on any atom is 0.264 e. The van der Waals surface area contributed by atoms with Gasteiger partial charge in [-0.25, -0.2) is 8.42 Å². The van der Waals surface area contributed by atoms with Crippen LogP contribution < -0.4 is 9.62 Å². The molecule has 226 valence electrons. The van der Waals surface area contributed by atoms with Crippen molar-refractivity contribution < 1.29 is 18.0 Å². The highest BCUT2D eigenvalue weighted by molar-refractivity contribution is 7.92. The zero-order valence-corrected chi connectivity index (χ0v) is 27.5. The van der Waals surface area contributed by atoms with Crippen molar-refractivity contribution in [3.05, 3.63) is 93.0 Å². The van der Waals surface area contributed by atoms with Gasteiger partial charge in [-0.2, -0.15) is 0 Å². The van der Waals surface area contributed by atoms with Crippen molar-refractivity contribution in [2.75, 3.05) is 10.8 Å². The van der Waals surface area contributed by atoms with Gasteiger partial charge in [0.2, 0.25) is 11.8 Å². The second-order valence-corrected chi connectivity index (χ2v) is 14.2. The zero-order chi connectivity index (χ0) is 31.4. The summed E-state index contributed by atoms with van der Waals surface area (Å²) in [4.78, 5) is 29.2. The van der Waals surface area contributed by atoms with Crippen molar-refractivity contribution in [3.63, 3.8) is 0 Å². The minimum absolute atomic E-state index is 0.0177. The first-order chi connectivity index (χ1) is 19.5. The van der Waals surface area contributed by atoms with Crippen molar-refractivity contribution in [1.29, 1.82) is 0 Å². The van der Waals surface area contributed by atoms with Gasteiger partial charge in [0.25, 0.3) is 10.0 Å². The van der Waals surface area contributed by atoms with Gasteiger partial charge < -0.3 is 10.2 Å². The fourth-order valence-electron chi connectivity index (χ4n) is 4.64. The predicted octanol–water partition coefficient (Wildman–Crippen LogP) is 6.84. The first kappa shape index (κ1) is 33.4. The molecule has 0 radical (unpaired) electrons. The highest BCUT2D eigenvalue weighted by Gasteiger charge is 2.35. The van der Waals surface area contributed by atoms with Gasteiger partial charge in [-0.1, -0.05) is 71.6 Å². The monoisotopic (exact) mass is 631 g/mol. The van der Waals surface area contributed by atoms with Crippen LogP contribution in [0.15, 0.2) is 65.6 Å². The second-order valence-electron chi connectivity index (χ2n) is 11.5. The largest absolute Gasteiger partial charge is 0.350 e. The number of amides is 2. The second kappa shape index (κ2) is 13.5. The number of nitrogens with one attached hydrogen (secondary N) is 1. The molecular formula is C32H39Cl2N3O4S. The van der Waals surface area contributed by atoms with Crippen LogP contribution in [0.5, 0.6) is 0 Å². The highest BCUT2D eigenvalue weighted by atomic mass is 35.5. The quantitative estimate of drug-likeness (QED) is 0.265. The molecule has 2 amide bonds. The predicted molar refractivity (Wildman–Crippen MR) is 171 cm³/mol. The number of benzene rings is 3. The van der Waals surface area contributed by atoms with Crippen LogP contribution in [0.4, 0.5) is 5.69 Å². The number of carbonyl (C=O) groups is 2. The normalized spacial score (nSPS) is 12.5. The third-order valence-electron chi connectivity index (χ3n) is 6.75. The molecule has 1 N–H and O–H groups in total. The van der Waals surface area contributed by atoms with Crippen molar-refractivity contribution in [3.8, 4) is 0 Å². The van der Waals surface area contributed by atoms with Gasteiger partial charge in [-0.3, -0.25) is 13.9 Å². The number of aryl methyl sites for hydroxylation is 3. The SMILES string of the molecule is CC[C@@H](C(=O)NC(C)(C)C)N(Cc1ccc(Cl)cc1Cl)C(=O)CN(c1ccc(C)cc1C)S(=O)(=O)c1ccc(C)cc1. The molecule has 0 aliphatic heterocycles. The molecule has 10 heteroatoms. The van der Waals surface area contributed by atoms with Gasteiger partial charge in [0, 0.05) is 22.1 Å². The van der Waals surface area contributed by atoms with Crippen LogP contribution in [-0.2, 0) is 26.2 Å². The Hall–Kier alpha value is -3.07. The summed E-state index contributed by atoms with van der Waals surface area (Å²) in [5.41, 5.74) is 2.98. The molecule has 42 heavy (non-hydrogen) atoms. The average molecular weight is 633 g/mol. The van der Waals surface area contributed by atoms with E-state index in [0.29, 0.717) is 33.3 Å². The first-order valence-electron chi connectivity index (χ1n) is 13.8. The van der Waals surface area contributed by atoms with Crippen LogP contribution in [0, 0.1) is 20.8 Å². The van der Waals surface area contributed by atoms with E-state index in [1.165, 1.54) is 17.0 Å². The Morgan fingerprint density at radius 2 is 1.52 bits per heavy atom. The lowest BCUT2D eigenvalue weighted by Gasteiger charge is -2.35. The topological polar surface area (TPSA) is 86.8 Å². The maximum atomic E-state index is 14.3. The van der Waals surface area contributed by atoms with Crippen molar-refractivity contribution >= 4 is 50.7 Å². The molecule has 0 aliphatic rings. The molecule has 0 aliphatic carbocycles. The van der Waals surface area contributed by atoms with Crippen LogP contribution in [0.3, 0.4) is 0 Å². The summed E-state index contributed by atoms with van der Waals surface area (Å²) in [5.74, 6) is -0.893. The summed E-state index contributed by atoms with van der Waals surface area (Å²) in [6, 6.07) is 15.9. The summed E-state index contributed by atoms with van der Waals surface area (Å²) in [6.07, 6.45) is 0.299. The Labute approximate surface area is 259 Å². The molecule has 7 nitrogen and oxygen atoms in total. The van der Waals surface area contributed by atoms with E-state index in [4.69, 9.17) is 23.2 Å². The van der Waals surface area contributed by atoms with Crippen molar-refractivity contribution in [1.82, 2.24) is 10.2 Å². The molecule has 0 bridgehead atoms. The summed E-state index contributed by atoms with van der Waals surface area (Å²) in [7, 11) is -4.16. The molecule has 1 atom stereocenters. The van der Waals surface area contributed by atoms with Gasteiger partial charge in [0.15, 0.2) is 0 Å². The number of hydrogen-bond acceptors (Lipinski definition) is 4. The number of nitrogens with zero attached hydrogens (tertiary/aromatic N) is 2. The molecule has 0 saturated carbocycles. The van der Waals surface area contributed by atoms with E-state index < -0.39 is 34.1 Å². The Kier molecular flexibility index (Phi) is 10.7. The standard InChI is InChI=1S/C32H39Cl2N3O4S/c1-8-28(31(39)35-32(5,6)7)36(19-24-12-13-25(33)18-27(24)34)30(38)20-37(29-16-11-22(3)17-23(29)4)42(40,41)26-14-9-21(2)10-15-26/h9-18,28H,8,19-20H2,1-7H3,(H,35,39)/t28-/m0/s1. The molecule has 0 saturated heterocycles. The van der Waals surface area contributed by atoms with Gasteiger partial charge >= 0.3 is 0 Å². The summed E-state index contributed by atoms with van der Waals surface area (Å²) < 4.78 is 29.3. The fraction of sp³-hybridized carbons (Fsp3) is 0.375. The van der Waals surface area contributed by atoms with E-state index >= 15 is 0 Å². The molecule has 3 aromatic carbocycles. The molecule has 0 unspecified atom stereocenters. The van der Waals surface area contributed by atoms with Gasteiger partial charge in [-0.05, 0) is 89.4 Å². The van der Waals surface area contributed by atoms with Crippen LogP contribution in [-0.4, -0.2) is 43.3 Å². The highest BCUT2D eigenvalue weighted by Crippen LogP contribution is 2.29. The lowest BCUT2D eigenvalue weighted by Crippen LogP contribution is -2.55. The number of halogens is 2. The molecule has 0 heterocycles. The van der Waals surface area contributed by atoms with E-state index in [2.05, 4.69) is 5.32 Å². The molecule has 0 aromatic heterocycles. The van der Waals surface area contributed by atoms with Gasteiger partial charge in [0.05, 0.1) is 10.6 Å². The Balaban J connectivity index is 2.13. The van der Waals surface area contributed by atoms with Crippen LogP contribution >= 0.6 is 23.2 Å². The number of carbonyl (C=O) groups excluding carboxylic acids is 2. The summed E-state index contributed by atoms with van der Waals surface area (Å²) in [6.45, 7) is 12.4.